The van der Waals surface area contributed by atoms with Crippen LogP contribution in [0.25, 0.3) is 6.08 Å². The maximum absolute atomic E-state index is 12.3. The van der Waals surface area contributed by atoms with Gasteiger partial charge in [0.2, 0.25) is 5.91 Å². The normalized spacial score (nSPS) is 15.1. The van der Waals surface area contributed by atoms with E-state index in [4.69, 9.17) is 0 Å². The van der Waals surface area contributed by atoms with Gasteiger partial charge in [-0.2, -0.15) is 0 Å². The number of carbonyl (C=O) groups is 1. The van der Waals surface area contributed by atoms with Crippen molar-refractivity contribution in [1.82, 2.24) is 5.32 Å². The second kappa shape index (κ2) is 7.30. The molecule has 2 aromatic rings. The lowest BCUT2D eigenvalue weighted by Crippen LogP contribution is -2.28. The van der Waals surface area contributed by atoms with Crippen molar-refractivity contribution in [2.75, 3.05) is 0 Å². The summed E-state index contributed by atoms with van der Waals surface area (Å²) in [6.45, 7) is 2.04. The van der Waals surface area contributed by atoms with Gasteiger partial charge in [0.05, 0.1) is 11.0 Å². The Balaban J connectivity index is 1.65. The lowest BCUT2D eigenvalue weighted by Gasteiger charge is -2.18. The number of nitrogens with one attached hydrogen (secondary N) is 1. The first kappa shape index (κ1) is 16.9. The number of rotatable bonds is 6. The van der Waals surface area contributed by atoms with Crippen molar-refractivity contribution in [2.24, 2.45) is 5.92 Å². The van der Waals surface area contributed by atoms with Gasteiger partial charge in [-0.3, -0.25) is 14.9 Å². The van der Waals surface area contributed by atoms with Crippen molar-refractivity contribution in [3.8, 4) is 0 Å². The number of carbonyl (C=O) groups excluding carboxylic acids is 1. The Morgan fingerprint density at radius 1 is 1.16 bits per heavy atom. The van der Waals surface area contributed by atoms with E-state index in [-0.39, 0.29) is 17.6 Å². The Hall–Kier alpha value is -2.95. The lowest BCUT2D eigenvalue weighted by atomic mass is 10.0. The van der Waals surface area contributed by atoms with E-state index in [9.17, 15) is 14.9 Å². The van der Waals surface area contributed by atoms with E-state index in [0.29, 0.717) is 5.92 Å². The van der Waals surface area contributed by atoms with E-state index < -0.39 is 4.92 Å². The van der Waals surface area contributed by atoms with Gasteiger partial charge in [-0.1, -0.05) is 29.8 Å². The molecule has 0 aliphatic heterocycles. The highest BCUT2D eigenvalue weighted by molar-refractivity contribution is 5.92. The first-order valence-electron chi connectivity index (χ1n) is 8.32. The van der Waals surface area contributed by atoms with Gasteiger partial charge in [0.25, 0.3) is 5.69 Å². The molecule has 0 aromatic heterocycles. The number of non-ortho nitro benzene ring substituents is 1. The summed E-state index contributed by atoms with van der Waals surface area (Å²) in [4.78, 5) is 22.5. The van der Waals surface area contributed by atoms with Gasteiger partial charge in [-0.25, -0.2) is 0 Å². The zero-order valence-corrected chi connectivity index (χ0v) is 14.0. The SMILES string of the molecule is Cc1ccc(C(NC(=O)/C=C/c2ccc([N+](=O)[O-])cc2)C2CC2)cc1. The van der Waals surface area contributed by atoms with Crippen LogP contribution in [0, 0.1) is 23.0 Å². The zero-order valence-electron chi connectivity index (χ0n) is 14.0. The Labute approximate surface area is 146 Å². The number of aryl methyl sites for hydroxylation is 1. The lowest BCUT2D eigenvalue weighted by molar-refractivity contribution is -0.384. The average Bonchev–Trinajstić information content (AvgIpc) is 3.44. The fourth-order valence-corrected chi connectivity index (χ4v) is 2.76. The molecule has 1 unspecified atom stereocenters. The van der Waals surface area contributed by atoms with E-state index in [1.807, 2.05) is 6.92 Å². The Bertz CT molecular complexity index is 791. The van der Waals surface area contributed by atoms with Crippen molar-refractivity contribution in [2.45, 2.75) is 25.8 Å². The van der Waals surface area contributed by atoms with E-state index in [0.717, 1.165) is 24.0 Å². The molecule has 3 rings (SSSR count). The topological polar surface area (TPSA) is 72.2 Å². The van der Waals surface area contributed by atoms with Crippen LogP contribution in [0.1, 0.15) is 35.6 Å². The molecule has 5 heteroatoms. The molecule has 1 N–H and O–H groups in total. The summed E-state index contributed by atoms with van der Waals surface area (Å²) in [5.74, 6) is 0.343. The molecule has 2 aromatic carbocycles. The number of benzene rings is 2. The first-order chi connectivity index (χ1) is 12.0. The van der Waals surface area contributed by atoms with Crippen molar-refractivity contribution in [1.29, 1.82) is 0 Å². The molecule has 0 bridgehead atoms. The third-order valence-electron chi connectivity index (χ3n) is 4.36. The molecule has 1 aliphatic rings. The van der Waals surface area contributed by atoms with Crippen LogP contribution >= 0.6 is 0 Å². The van der Waals surface area contributed by atoms with Crippen LogP contribution in [0.15, 0.2) is 54.6 Å². The molecule has 25 heavy (non-hydrogen) atoms. The number of nitro benzene ring substituents is 1. The minimum Gasteiger partial charge on any atom is -0.345 e. The van der Waals surface area contributed by atoms with Gasteiger partial charge in [0, 0.05) is 18.2 Å². The predicted octanol–water partition coefficient (Wildman–Crippen LogP) is 4.18. The summed E-state index contributed by atoms with van der Waals surface area (Å²) in [6, 6.07) is 14.4. The standard InChI is InChI=1S/C20H20N2O3/c1-14-2-7-16(8-3-14)20(17-9-10-17)21-19(23)13-6-15-4-11-18(12-5-15)22(24)25/h2-8,11-13,17,20H,9-10H2,1H3,(H,21,23)/b13-6+. The van der Waals surface area contributed by atoms with Gasteiger partial charge in [-0.15, -0.1) is 0 Å². The maximum Gasteiger partial charge on any atom is 0.269 e. The van der Waals surface area contributed by atoms with E-state index >= 15 is 0 Å². The zero-order chi connectivity index (χ0) is 17.8. The van der Waals surface area contributed by atoms with Crippen LogP contribution in [0.5, 0.6) is 0 Å². The maximum atomic E-state index is 12.3. The van der Waals surface area contributed by atoms with Crippen molar-refractivity contribution in [3.05, 3.63) is 81.4 Å². The van der Waals surface area contributed by atoms with Crippen molar-refractivity contribution in [3.63, 3.8) is 0 Å². The van der Waals surface area contributed by atoms with Gasteiger partial charge in [0.15, 0.2) is 0 Å². The highest BCUT2D eigenvalue weighted by Gasteiger charge is 2.32. The number of hydrogen-bond acceptors (Lipinski definition) is 3. The highest BCUT2D eigenvalue weighted by Crippen LogP contribution is 2.41. The van der Waals surface area contributed by atoms with Crippen LogP contribution < -0.4 is 5.32 Å². The second-order valence-electron chi connectivity index (χ2n) is 6.42. The van der Waals surface area contributed by atoms with E-state index in [2.05, 4.69) is 29.6 Å². The van der Waals surface area contributed by atoms with E-state index in [1.165, 1.54) is 23.8 Å². The summed E-state index contributed by atoms with van der Waals surface area (Å²) in [6.07, 6.45) is 5.40. The number of hydrogen-bond donors (Lipinski definition) is 1. The summed E-state index contributed by atoms with van der Waals surface area (Å²) < 4.78 is 0. The molecule has 128 valence electrons. The molecular weight excluding hydrogens is 316 g/mol. The van der Waals surface area contributed by atoms with Crippen molar-refractivity contribution >= 4 is 17.7 Å². The molecule has 0 spiro atoms. The van der Waals surface area contributed by atoms with Gasteiger partial charge in [-0.05, 0) is 55.0 Å². The average molecular weight is 336 g/mol. The fourth-order valence-electron chi connectivity index (χ4n) is 2.76. The number of amides is 1. The van der Waals surface area contributed by atoms with Gasteiger partial charge < -0.3 is 5.32 Å². The van der Waals surface area contributed by atoms with Crippen LogP contribution in [0.4, 0.5) is 5.69 Å². The number of nitro groups is 1. The fraction of sp³-hybridized carbons (Fsp3) is 0.250. The molecule has 1 atom stereocenters. The quantitative estimate of drug-likeness (QED) is 0.488. The molecule has 1 amide bonds. The number of nitrogens with zero attached hydrogens (tertiary/aromatic N) is 1. The molecule has 1 saturated carbocycles. The summed E-state index contributed by atoms with van der Waals surface area (Å²) in [7, 11) is 0. The van der Waals surface area contributed by atoms with Gasteiger partial charge in [0.1, 0.15) is 0 Å². The van der Waals surface area contributed by atoms with Crippen LogP contribution in [-0.2, 0) is 4.79 Å². The molecule has 0 radical (unpaired) electrons. The van der Waals surface area contributed by atoms with Crippen LogP contribution in [-0.4, -0.2) is 10.8 Å². The largest absolute Gasteiger partial charge is 0.345 e. The minimum absolute atomic E-state index is 0.0367. The van der Waals surface area contributed by atoms with Crippen molar-refractivity contribution < 1.29 is 9.72 Å². The summed E-state index contributed by atoms with van der Waals surface area (Å²) in [5, 5.41) is 13.7. The van der Waals surface area contributed by atoms with Gasteiger partial charge >= 0.3 is 0 Å². The third kappa shape index (κ3) is 4.53. The first-order valence-corrected chi connectivity index (χ1v) is 8.32. The molecular formula is C20H20N2O3. The Morgan fingerprint density at radius 3 is 2.36 bits per heavy atom. The molecule has 0 saturated heterocycles. The minimum atomic E-state index is -0.442. The molecule has 1 aliphatic carbocycles. The monoisotopic (exact) mass is 336 g/mol. The summed E-state index contributed by atoms with van der Waals surface area (Å²) >= 11 is 0. The van der Waals surface area contributed by atoms with Crippen LogP contribution in [0.3, 0.4) is 0 Å². The Kier molecular flexibility index (Phi) is 4.93. The second-order valence-corrected chi connectivity index (χ2v) is 6.42. The summed E-state index contributed by atoms with van der Waals surface area (Å²) in [5.41, 5.74) is 3.11. The molecule has 5 nitrogen and oxygen atoms in total. The third-order valence-corrected chi connectivity index (χ3v) is 4.36. The molecule has 1 fully saturated rings. The van der Waals surface area contributed by atoms with E-state index in [1.54, 1.807) is 18.2 Å². The predicted molar refractivity (Wildman–Crippen MR) is 96.9 cm³/mol. The van der Waals surface area contributed by atoms with Crippen LogP contribution in [0.2, 0.25) is 0 Å². The molecule has 0 heterocycles. The Morgan fingerprint density at radius 2 is 1.80 bits per heavy atom. The highest BCUT2D eigenvalue weighted by atomic mass is 16.6. The smallest absolute Gasteiger partial charge is 0.269 e.